The highest BCUT2D eigenvalue weighted by molar-refractivity contribution is 5.80. The van der Waals surface area contributed by atoms with Crippen molar-refractivity contribution in [1.29, 1.82) is 0 Å². The Labute approximate surface area is 326 Å². The number of fused-ring (bicyclic) bond motifs is 8. The van der Waals surface area contributed by atoms with Crippen LogP contribution < -0.4 is 14.9 Å². The molecule has 0 radical (unpaired) electrons. The van der Waals surface area contributed by atoms with Gasteiger partial charge in [0, 0.05) is 17.7 Å². The van der Waals surface area contributed by atoms with E-state index in [1.165, 1.54) is 11.6 Å². The molecule has 4 saturated carbocycles. The second kappa shape index (κ2) is 13.5. The van der Waals surface area contributed by atoms with Crippen LogP contribution in [0.15, 0.2) is 69.4 Å². The number of carboxylic acids is 1. The van der Waals surface area contributed by atoms with Gasteiger partial charge in [0.15, 0.2) is 5.43 Å². The van der Waals surface area contributed by atoms with Crippen LogP contribution in [0.2, 0.25) is 0 Å². The molecule has 0 aliphatic heterocycles. The van der Waals surface area contributed by atoms with E-state index in [4.69, 9.17) is 13.9 Å². The molecule has 3 aromatic rings. The number of hydrogen-bond donors (Lipinski definition) is 3. The average Bonchev–Trinajstić information content (AvgIpc) is 3.13. The molecule has 8 nitrogen and oxygen atoms in total. The molecule has 9 unspecified atom stereocenters. The summed E-state index contributed by atoms with van der Waals surface area (Å²) in [5, 5.41) is 33.6. The highest BCUT2D eigenvalue weighted by Gasteiger charge is 2.71. The van der Waals surface area contributed by atoms with Gasteiger partial charge in [0.2, 0.25) is 0 Å². The molecule has 5 aliphatic rings. The Balaban J connectivity index is 0.000000190. The molecule has 8 rings (SSSR count). The number of aliphatic carboxylic acids is 1. The van der Waals surface area contributed by atoms with Crippen molar-refractivity contribution in [3.8, 4) is 22.8 Å². The second-order valence-electron chi connectivity index (χ2n) is 19.7. The third kappa shape index (κ3) is 5.98. The molecule has 2 aromatic carbocycles. The van der Waals surface area contributed by atoms with E-state index >= 15 is 0 Å². The summed E-state index contributed by atoms with van der Waals surface area (Å²) in [5.41, 5.74) is 1.50. The van der Waals surface area contributed by atoms with Gasteiger partial charge in [-0.05, 0) is 127 Å². The number of allylic oxidation sites excluding steroid dienone is 2. The monoisotopic (exact) mass is 754 g/mol. The number of aliphatic hydroxyl groups excluding tert-OH is 2. The Morgan fingerprint density at radius 3 is 2.20 bits per heavy atom. The lowest BCUT2D eigenvalue weighted by molar-refractivity contribution is -0.218. The molecule has 55 heavy (non-hydrogen) atoms. The Bertz CT molecular complexity index is 2060. The van der Waals surface area contributed by atoms with Gasteiger partial charge in [0.25, 0.3) is 0 Å². The molecule has 3 N–H and O–H groups in total. The number of methoxy groups -OCH3 is 2. The number of hydrogen-bond acceptors (Lipinski definition) is 7. The van der Waals surface area contributed by atoms with Crippen LogP contribution >= 0.6 is 0 Å². The molecular weight excluding hydrogens is 693 g/mol. The van der Waals surface area contributed by atoms with Gasteiger partial charge in [-0.3, -0.25) is 9.59 Å². The van der Waals surface area contributed by atoms with Gasteiger partial charge in [0.1, 0.15) is 28.3 Å². The molecule has 0 spiro atoms. The van der Waals surface area contributed by atoms with Crippen molar-refractivity contribution in [3.63, 3.8) is 0 Å². The molecule has 298 valence electrons. The van der Waals surface area contributed by atoms with E-state index in [2.05, 4.69) is 54.5 Å². The number of aliphatic hydroxyl groups is 2. The van der Waals surface area contributed by atoms with E-state index < -0.39 is 17.5 Å². The lowest BCUT2D eigenvalue weighted by Gasteiger charge is -2.71. The van der Waals surface area contributed by atoms with Crippen molar-refractivity contribution in [2.75, 3.05) is 14.2 Å². The first-order valence-corrected chi connectivity index (χ1v) is 20.3. The van der Waals surface area contributed by atoms with E-state index in [9.17, 15) is 24.9 Å². The molecule has 9 atom stereocenters. The van der Waals surface area contributed by atoms with Crippen LogP contribution in [0.3, 0.4) is 0 Å². The fourth-order valence-corrected chi connectivity index (χ4v) is 12.9. The molecule has 0 bridgehead atoms. The Morgan fingerprint density at radius 2 is 1.51 bits per heavy atom. The summed E-state index contributed by atoms with van der Waals surface area (Å²) in [6, 6.07) is 14.0. The summed E-state index contributed by atoms with van der Waals surface area (Å²) in [6.07, 6.45) is 9.35. The number of ether oxygens (including phenoxy) is 2. The number of carboxylic acid groups (broad SMARTS) is 1. The van der Waals surface area contributed by atoms with Crippen LogP contribution in [0.4, 0.5) is 0 Å². The smallest absolute Gasteiger partial charge is 0.312 e. The summed E-state index contributed by atoms with van der Waals surface area (Å²) in [7, 11) is 3.17. The zero-order chi connectivity index (χ0) is 39.9. The van der Waals surface area contributed by atoms with Crippen LogP contribution in [-0.4, -0.2) is 47.7 Å². The summed E-state index contributed by atoms with van der Waals surface area (Å²) in [5.74, 6) is 1.94. The largest absolute Gasteiger partial charge is 0.497 e. The van der Waals surface area contributed by atoms with Gasteiger partial charge in [0.05, 0.1) is 31.8 Å². The highest BCUT2D eigenvalue weighted by atomic mass is 16.5. The Kier molecular flexibility index (Phi) is 9.72. The maximum Gasteiger partial charge on any atom is 0.312 e. The fourth-order valence-electron chi connectivity index (χ4n) is 12.9. The van der Waals surface area contributed by atoms with Gasteiger partial charge in [-0.2, -0.15) is 0 Å². The fraction of sp³-hybridized carbons (Fsp3) is 0.617. The predicted octanol–water partition coefficient (Wildman–Crippen LogP) is 9.68. The minimum atomic E-state index is -1.04. The van der Waals surface area contributed by atoms with E-state index in [0.29, 0.717) is 52.9 Å². The average molecular weight is 755 g/mol. The Hall–Kier alpha value is -3.62. The van der Waals surface area contributed by atoms with Crippen LogP contribution in [0.5, 0.6) is 11.5 Å². The number of benzene rings is 2. The lowest BCUT2D eigenvalue weighted by Crippen LogP contribution is -2.67. The topological polar surface area (TPSA) is 126 Å². The van der Waals surface area contributed by atoms with Crippen molar-refractivity contribution < 1.29 is 34.0 Å². The van der Waals surface area contributed by atoms with Gasteiger partial charge < -0.3 is 29.2 Å². The van der Waals surface area contributed by atoms with E-state index in [1.807, 2.05) is 24.3 Å². The van der Waals surface area contributed by atoms with Crippen molar-refractivity contribution in [2.45, 2.75) is 118 Å². The first-order chi connectivity index (χ1) is 25.8. The zero-order valence-electron chi connectivity index (χ0n) is 34.3. The SMILES string of the molecule is CC1(C)CCC2(C(=O)O)C(O)CC3(C)C(=CCC4C5(C)CCC(O)C(C)(C)C5CCC43C)C2C1.COc1cccc(-c2cc(=O)c3ccc(OC)cc3o2)c1. The van der Waals surface area contributed by atoms with Crippen LogP contribution in [0.25, 0.3) is 22.3 Å². The molecule has 1 aromatic heterocycles. The first kappa shape index (κ1) is 39.6. The zero-order valence-corrected chi connectivity index (χ0v) is 34.3. The van der Waals surface area contributed by atoms with Gasteiger partial charge in [-0.25, -0.2) is 0 Å². The van der Waals surface area contributed by atoms with E-state index in [1.54, 1.807) is 32.4 Å². The normalized spacial score (nSPS) is 37.1. The summed E-state index contributed by atoms with van der Waals surface area (Å²) < 4.78 is 16.2. The molecule has 0 amide bonds. The summed E-state index contributed by atoms with van der Waals surface area (Å²) >= 11 is 0. The molecule has 0 saturated heterocycles. The third-order valence-electron chi connectivity index (χ3n) is 16.4. The molecule has 5 aliphatic carbocycles. The van der Waals surface area contributed by atoms with Crippen molar-refractivity contribution in [3.05, 3.63) is 70.4 Å². The minimum Gasteiger partial charge on any atom is -0.497 e. The van der Waals surface area contributed by atoms with Gasteiger partial charge in [-0.15, -0.1) is 0 Å². The highest BCUT2D eigenvalue weighted by Crippen LogP contribution is 2.75. The molecule has 8 heteroatoms. The van der Waals surface area contributed by atoms with Crippen LogP contribution in [0, 0.1) is 50.2 Å². The maximum absolute atomic E-state index is 12.8. The maximum atomic E-state index is 12.8. The van der Waals surface area contributed by atoms with E-state index in [-0.39, 0.29) is 44.5 Å². The first-order valence-electron chi connectivity index (χ1n) is 20.3. The van der Waals surface area contributed by atoms with Crippen molar-refractivity contribution in [1.82, 2.24) is 0 Å². The quantitative estimate of drug-likeness (QED) is 0.225. The minimum absolute atomic E-state index is 0.0218. The summed E-state index contributed by atoms with van der Waals surface area (Å²) in [4.78, 5) is 25.0. The van der Waals surface area contributed by atoms with Crippen LogP contribution in [-0.2, 0) is 4.79 Å². The number of rotatable bonds is 4. The molecule has 1 heterocycles. The Morgan fingerprint density at radius 1 is 0.800 bits per heavy atom. The van der Waals surface area contributed by atoms with Crippen LogP contribution in [0.1, 0.15) is 106 Å². The van der Waals surface area contributed by atoms with Gasteiger partial charge >= 0.3 is 5.97 Å². The predicted molar refractivity (Wildman–Crippen MR) is 215 cm³/mol. The van der Waals surface area contributed by atoms with Crippen molar-refractivity contribution >= 4 is 16.9 Å². The summed E-state index contributed by atoms with van der Waals surface area (Å²) in [6.45, 7) is 16.4. The lowest BCUT2D eigenvalue weighted by atomic mass is 9.33. The third-order valence-corrected chi connectivity index (χ3v) is 16.4. The second-order valence-corrected chi connectivity index (χ2v) is 19.7. The molecule has 4 fully saturated rings. The van der Waals surface area contributed by atoms with E-state index in [0.717, 1.165) is 50.5 Å². The molecular formula is C47H62O8. The number of carbonyl (C=O) groups is 1. The van der Waals surface area contributed by atoms with Crippen molar-refractivity contribution in [2.24, 2.45) is 50.2 Å². The van der Waals surface area contributed by atoms with Gasteiger partial charge in [-0.1, -0.05) is 72.2 Å². The standard InChI is InChI=1S/C30H48O4.C17H14O4/c1-25(2)14-15-30(24(33)34)19(16-25)18-8-9-21-27(5)12-11-22(31)26(3,4)20(27)10-13-28(21,6)29(18,7)17-23(30)32;1-19-12-5-3-4-11(8-12)16-10-15(18)14-7-6-13(20-2)9-17(14)21-16/h8,19-23,31-32H,9-17H2,1-7H3,(H,33,34);3-10H,1-2H3.